The fourth-order valence-electron chi connectivity index (χ4n) is 2.47. The molecule has 0 saturated carbocycles. The van der Waals surface area contributed by atoms with Gasteiger partial charge in [-0.05, 0) is 30.9 Å². The third kappa shape index (κ3) is 5.34. The molecule has 1 aromatic heterocycles. The van der Waals surface area contributed by atoms with Gasteiger partial charge < -0.3 is 15.5 Å². The van der Waals surface area contributed by atoms with Crippen molar-refractivity contribution in [1.82, 2.24) is 15.6 Å². The van der Waals surface area contributed by atoms with Gasteiger partial charge in [0.15, 0.2) is 0 Å². The van der Waals surface area contributed by atoms with Crippen LogP contribution in [0.5, 0.6) is 0 Å². The molecular formula is C16H26N4O. The minimum atomic E-state index is 0.0934. The lowest BCUT2D eigenvalue weighted by atomic mass is 10.1. The van der Waals surface area contributed by atoms with Crippen LogP contribution in [-0.2, 0) is 4.79 Å². The highest BCUT2D eigenvalue weighted by molar-refractivity contribution is 5.78. The van der Waals surface area contributed by atoms with E-state index in [2.05, 4.69) is 34.4 Å². The van der Waals surface area contributed by atoms with Gasteiger partial charge in [0, 0.05) is 31.9 Å². The Morgan fingerprint density at radius 1 is 1.38 bits per heavy atom. The predicted octanol–water partition coefficient (Wildman–Crippen LogP) is 1.41. The maximum Gasteiger partial charge on any atom is 0.233 e. The van der Waals surface area contributed by atoms with E-state index in [0.717, 1.165) is 38.3 Å². The molecule has 2 rings (SSSR count). The van der Waals surface area contributed by atoms with E-state index in [4.69, 9.17) is 0 Å². The molecule has 0 aromatic carbocycles. The molecule has 116 valence electrons. The van der Waals surface area contributed by atoms with E-state index in [-0.39, 0.29) is 5.91 Å². The first-order valence-electron chi connectivity index (χ1n) is 7.81. The lowest BCUT2D eigenvalue weighted by Gasteiger charge is -2.33. The highest BCUT2D eigenvalue weighted by Gasteiger charge is 2.20. The van der Waals surface area contributed by atoms with Gasteiger partial charge in [-0.1, -0.05) is 19.9 Å². The van der Waals surface area contributed by atoms with Gasteiger partial charge in [0.25, 0.3) is 0 Å². The maximum absolute atomic E-state index is 11.7. The topological polar surface area (TPSA) is 57.3 Å². The number of carbonyl (C=O) groups is 1. The van der Waals surface area contributed by atoms with Gasteiger partial charge in [-0.3, -0.25) is 4.79 Å². The third-order valence-corrected chi connectivity index (χ3v) is 3.73. The molecule has 0 bridgehead atoms. The lowest BCUT2D eigenvalue weighted by molar-refractivity contribution is -0.120. The van der Waals surface area contributed by atoms with Crippen molar-refractivity contribution in [2.75, 3.05) is 31.1 Å². The van der Waals surface area contributed by atoms with Crippen molar-refractivity contribution in [3.05, 3.63) is 24.4 Å². The first kappa shape index (κ1) is 15.8. The van der Waals surface area contributed by atoms with Gasteiger partial charge in [-0.15, -0.1) is 0 Å². The molecule has 0 radical (unpaired) electrons. The molecule has 1 aromatic rings. The normalized spacial score (nSPS) is 16.2. The van der Waals surface area contributed by atoms with Gasteiger partial charge in [-0.2, -0.15) is 0 Å². The van der Waals surface area contributed by atoms with E-state index in [1.165, 1.54) is 0 Å². The number of piperidine rings is 1. The average Bonchev–Trinajstić information content (AvgIpc) is 2.52. The molecule has 2 N–H and O–H groups in total. The van der Waals surface area contributed by atoms with Crippen molar-refractivity contribution >= 4 is 11.7 Å². The standard InChI is InChI=1S/C16H26N4O/c1-13(2)11-19-16(21)12-18-14-6-9-20(10-7-14)15-5-3-4-8-17-15/h3-5,8,13-14,18H,6-7,9-12H2,1-2H3,(H,19,21). The van der Waals surface area contributed by atoms with Crippen LogP contribution in [0.25, 0.3) is 0 Å². The van der Waals surface area contributed by atoms with E-state index < -0.39 is 0 Å². The van der Waals surface area contributed by atoms with Crippen molar-refractivity contribution in [2.45, 2.75) is 32.7 Å². The second-order valence-corrected chi connectivity index (χ2v) is 6.03. The first-order chi connectivity index (χ1) is 10.1. The van der Waals surface area contributed by atoms with Crippen LogP contribution in [0, 0.1) is 5.92 Å². The molecule has 0 aliphatic carbocycles. The van der Waals surface area contributed by atoms with Gasteiger partial charge in [0.2, 0.25) is 5.91 Å². The highest BCUT2D eigenvalue weighted by Crippen LogP contribution is 2.16. The summed E-state index contributed by atoms with van der Waals surface area (Å²) in [6, 6.07) is 6.43. The summed E-state index contributed by atoms with van der Waals surface area (Å²) < 4.78 is 0. The Bertz CT molecular complexity index is 427. The SMILES string of the molecule is CC(C)CNC(=O)CNC1CCN(c2ccccn2)CC1. The minimum absolute atomic E-state index is 0.0934. The maximum atomic E-state index is 11.7. The number of anilines is 1. The van der Waals surface area contributed by atoms with E-state index in [1.807, 2.05) is 24.4 Å². The zero-order valence-corrected chi connectivity index (χ0v) is 13.0. The largest absolute Gasteiger partial charge is 0.357 e. The fraction of sp³-hybridized carbons (Fsp3) is 0.625. The quantitative estimate of drug-likeness (QED) is 0.832. The van der Waals surface area contributed by atoms with Crippen molar-refractivity contribution < 1.29 is 4.79 Å². The lowest BCUT2D eigenvalue weighted by Crippen LogP contribution is -2.46. The van der Waals surface area contributed by atoms with E-state index in [0.29, 0.717) is 18.5 Å². The molecule has 21 heavy (non-hydrogen) atoms. The van der Waals surface area contributed by atoms with Crippen LogP contribution in [-0.4, -0.2) is 43.1 Å². The minimum Gasteiger partial charge on any atom is -0.357 e. The first-order valence-corrected chi connectivity index (χ1v) is 7.81. The Balaban J connectivity index is 1.66. The molecule has 5 nitrogen and oxygen atoms in total. The number of pyridine rings is 1. The summed E-state index contributed by atoms with van der Waals surface area (Å²) in [5.41, 5.74) is 0. The van der Waals surface area contributed by atoms with Crippen LogP contribution in [0.4, 0.5) is 5.82 Å². The molecule has 0 spiro atoms. The number of hydrogen-bond donors (Lipinski definition) is 2. The molecule has 5 heteroatoms. The van der Waals surface area contributed by atoms with Crippen molar-refractivity contribution in [3.63, 3.8) is 0 Å². The summed E-state index contributed by atoms with van der Waals surface area (Å²) in [6.07, 6.45) is 3.93. The van der Waals surface area contributed by atoms with Crippen LogP contribution < -0.4 is 15.5 Å². The zero-order valence-electron chi connectivity index (χ0n) is 13.0. The van der Waals surface area contributed by atoms with Crippen LogP contribution in [0.3, 0.4) is 0 Å². The summed E-state index contributed by atoms with van der Waals surface area (Å²) in [4.78, 5) is 18.4. The zero-order chi connectivity index (χ0) is 15.1. The van der Waals surface area contributed by atoms with E-state index in [9.17, 15) is 4.79 Å². The predicted molar refractivity (Wildman–Crippen MR) is 85.3 cm³/mol. The number of nitrogens with one attached hydrogen (secondary N) is 2. The molecule has 2 heterocycles. The fourth-order valence-corrected chi connectivity index (χ4v) is 2.47. The second kappa shape index (κ2) is 7.98. The van der Waals surface area contributed by atoms with Gasteiger partial charge in [0.05, 0.1) is 6.54 Å². The molecule has 0 unspecified atom stereocenters. The Morgan fingerprint density at radius 2 is 2.14 bits per heavy atom. The van der Waals surface area contributed by atoms with Gasteiger partial charge in [0.1, 0.15) is 5.82 Å². The molecule has 1 amide bonds. The number of aromatic nitrogens is 1. The molecule has 0 atom stereocenters. The smallest absolute Gasteiger partial charge is 0.233 e. The summed E-state index contributed by atoms with van der Waals surface area (Å²) >= 11 is 0. The van der Waals surface area contributed by atoms with E-state index in [1.54, 1.807) is 0 Å². The Kier molecular flexibility index (Phi) is 5.99. The van der Waals surface area contributed by atoms with Crippen LogP contribution in [0.1, 0.15) is 26.7 Å². The summed E-state index contributed by atoms with van der Waals surface area (Å²) in [5, 5.41) is 6.29. The Labute approximate surface area is 127 Å². The number of nitrogens with zero attached hydrogens (tertiary/aromatic N) is 2. The Hall–Kier alpha value is -1.62. The molecule has 1 saturated heterocycles. The number of rotatable bonds is 6. The molecule has 1 fully saturated rings. The molecule has 1 aliphatic heterocycles. The summed E-state index contributed by atoms with van der Waals surface area (Å²) in [7, 11) is 0. The van der Waals surface area contributed by atoms with Gasteiger partial charge >= 0.3 is 0 Å². The number of hydrogen-bond acceptors (Lipinski definition) is 4. The van der Waals surface area contributed by atoms with Crippen molar-refractivity contribution in [3.8, 4) is 0 Å². The van der Waals surface area contributed by atoms with Gasteiger partial charge in [-0.25, -0.2) is 4.98 Å². The summed E-state index contributed by atoms with van der Waals surface area (Å²) in [5.74, 6) is 1.64. The number of amides is 1. The third-order valence-electron chi connectivity index (χ3n) is 3.73. The van der Waals surface area contributed by atoms with E-state index >= 15 is 0 Å². The number of carbonyl (C=O) groups excluding carboxylic acids is 1. The van der Waals surface area contributed by atoms with Crippen LogP contribution >= 0.6 is 0 Å². The monoisotopic (exact) mass is 290 g/mol. The average molecular weight is 290 g/mol. The van der Waals surface area contributed by atoms with Crippen molar-refractivity contribution in [1.29, 1.82) is 0 Å². The van der Waals surface area contributed by atoms with Crippen LogP contribution in [0.15, 0.2) is 24.4 Å². The highest BCUT2D eigenvalue weighted by atomic mass is 16.1. The summed E-state index contributed by atoms with van der Waals surface area (Å²) in [6.45, 7) is 7.34. The molecule has 1 aliphatic rings. The second-order valence-electron chi connectivity index (χ2n) is 6.03. The Morgan fingerprint density at radius 3 is 2.76 bits per heavy atom. The molecular weight excluding hydrogens is 264 g/mol. The van der Waals surface area contributed by atoms with Crippen molar-refractivity contribution in [2.24, 2.45) is 5.92 Å². The van der Waals surface area contributed by atoms with Crippen LogP contribution in [0.2, 0.25) is 0 Å².